The van der Waals surface area contributed by atoms with Gasteiger partial charge < -0.3 is 4.90 Å². The fourth-order valence-electron chi connectivity index (χ4n) is 2.62. The van der Waals surface area contributed by atoms with Gasteiger partial charge >= 0.3 is 0 Å². The van der Waals surface area contributed by atoms with E-state index in [1.54, 1.807) is 6.07 Å². The van der Waals surface area contributed by atoms with Crippen molar-refractivity contribution in [2.45, 2.75) is 25.4 Å². The smallest absolute Gasteiger partial charge is 0.256 e. The van der Waals surface area contributed by atoms with E-state index in [-0.39, 0.29) is 18.2 Å². The van der Waals surface area contributed by atoms with Gasteiger partial charge in [-0.3, -0.25) is 19.7 Å². The quantitative estimate of drug-likeness (QED) is 0.780. The minimum Gasteiger partial charge on any atom is -0.322 e. The highest BCUT2D eigenvalue weighted by Gasteiger charge is 2.40. The third-order valence-electron chi connectivity index (χ3n) is 3.54. The van der Waals surface area contributed by atoms with E-state index in [4.69, 9.17) is 11.6 Å². The Hall–Kier alpha value is -1.40. The number of carbonyl (C=O) groups excluding carboxylic acids is 3. The summed E-state index contributed by atoms with van der Waals surface area (Å²) < 4.78 is 0.791. The van der Waals surface area contributed by atoms with E-state index >= 15 is 0 Å². The van der Waals surface area contributed by atoms with E-state index in [0.29, 0.717) is 23.6 Å². The number of piperidine rings is 1. The van der Waals surface area contributed by atoms with Gasteiger partial charge in [-0.25, -0.2) is 0 Å². The molecule has 2 aliphatic heterocycles. The van der Waals surface area contributed by atoms with Crippen LogP contribution < -0.4 is 5.32 Å². The van der Waals surface area contributed by atoms with Crippen LogP contribution >= 0.6 is 27.5 Å². The molecule has 1 atom stereocenters. The van der Waals surface area contributed by atoms with E-state index in [2.05, 4.69) is 21.2 Å². The van der Waals surface area contributed by atoms with Gasteiger partial charge in [0.2, 0.25) is 11.8 Å². The SMILES string of the molecule is O=C1CCC(N2Cc3cc(Br)cc(Cl)c3C2=O)C(=O)N1. The summed E-state index contributed by atoms with van der Waals surface area (Å²) in [6.07, 6.45) is 0.594. The highest BCUT2D eigenvalue weighted by atomic mass is 79.9. The molecule has 0 saturated carbocycles. The largest absolute Gasteiger partial charge is 0.322 e. The van der Waals surface area contributed by atoms with Crippen molar-refractivity contribution in [2.75, 3.05) is 0 Å². The number of hydrogen-bond acceptors (Lipinski definition) is 3. The number of hydrogen-bond donors (Lipinski definition) is 1. The molecule has 1 aromatic rings. The number of nitrogens with one attached hydrogen (secondary N) is 1. The van der Waals surface area contributed by atoms with Crippen LogP contribution in [-0.2, 0) is 16.1 Å². The molecule has 20 heavy (non-hydrogen) atoms. The average Bonchev–Trinajstić information content (AvgIpc) is 2.66. The Morgan fingerprint density at radius 2 is 2.05 bits per heavy atom. The van der Waals surface area contributed by atoms with Gasteiger partial charge in [0.1, 0.15) is 6.04 Å². The van der Waals surface area contributed by atoms with Gasteiger partial charge in [0.25, 0.3) is 5.91 Å². The Balaban J connectivity index is 1.92. The standard InChI is InChI=1S/C13H10BrClN2O3/c14-7-3-6-5-17(13(20)11(6)8(15)4-7)9-1-2-10(18)16-12(9)19/h3-4,9H,1-2,5H2,(H,16,18,19). The Labute approximate surface area is 128 Å². The van der Waals surface area contributed by atoms with Crippen molar-refractivity contribution >= 4 is 45.3 Å². The number of benzene rings is 1. The van der Waals surface area contributed by atoms with Gasteiger partial charge in [-0.2, -0.15) is 0 Å². The van der Waals surface area contributed by atoms with Crippen molar-refractivity contribution in [1.82, 2.24) is 10.2 Å². The molecule has 104 valence electrons. The van der Waals surface area contributed by atoms with Crippen molar-refractivity contribution in [3.63, 3.8) is 0 Å². The third kappa shape index (κ3) is 2.13. The molecule has 0 bridgehead atoms. The predicted molar refractivity (Wildman–Crippen MR) is 75.2 cm³/mol. The molecule has 3 rings (SSSR count). The van der Waals surface area contributed by atoms with Gasteiger partial charge in [-0.15, -0.1) is 0 Å². The van der Waals surface area contributed by atoms with Crippen LogP contribution in [0.1, 0.15) is 28.8 Å². The first-order chi connectivity index (χ1) is 9.47. The lowest BCUT2D eigenvalue weighted by molar-refractivity contribution is -0.136. The molecule has 3 amide bonds. The molecule has 1 N–H and O–H groups in total. The van der Waals surface area contributed by atoms with Crippen LogP contribution in [0, 0.1) is 0 Å². The Morgan fingerprint density at radius 1 is 1.30 bits per heavy atom. The normalized spacial score (nSPS) is 22.0. The third-order valence-corrected chi connectivity index (χ3v) is 4.29. The minimum absolute atomic E-state index is 0.244. The van der Waals surface area contributed by atoms with Crippen molar-refractivity contribution in [1.29, 1.82) is 0 Å². The van der Waals surface area contributed by atoms with E-state index < -0.39 is 11.9 Å². The number of fused-ring (bicyclic) bond motifs is 1. The number of imide groups is 1. The summed E-state index contributed by atoms with van der Waals surface area (Å²) in [6, 6.07) is 2.87. The van der Waals surface area contributed by atoms with Crippen LogP contribution in [0.2, 0.25) is 5.02 Å². The molecule has 1 saturated heterocycles. The van der Waals surface area contributed by atoms with Crippen LogP contribution in [0.25, 0.3) is 0 Å². The average molecular weight is 358 g/mol. The molecule has 0 spiro atoms. The Morgan fingerprint density at radius 3 is 2.75 bits per heavy atom. The molecule has 1 fully saturated rings. The van der Waals surface area contributed by atoms with Gasteiger partial charge in [0, 0.05) is 17.4 Å². The monoisotopic (exact) mass is 356 g/mol. The lowest BCUT2D eigenvalue weighted by Gasteiger charge is -2.29. The molecule has 0 aliphatic carbocycles. The van der Waals surface area contributed by atoms with Gasteiger partial charge in [-0.1, -0.05) is 27.5 Å². The van der Waals surface area contributed by atoms with Crippen molar-refractivity contribution < 1.29 is 14.4 Å². The second kappa shape index (κ2) is 4.86. The lowest BCUT2D eigenvalue weighted by Crippen LogP contribution is -2.52. The van der Waals surface area contributed by atoms with Gasteiger partial charge in [0.15, 0.2) is 0 Å². The maximum Gasteiger partial charge on any atom is 0.256 e. The maximum absolute atomic E-state index is 12.4. The summed E-state index contributed by atoms with van der Waals surface area (Å²) in [6.45, 7) is 0.333. The minimum atomic E-state index is -0.609. The number of nitrogens with zero attached hydrogens (tertiary/aromatic N) is 1. The summed E-state index contributed by atoms with van der Waals surface area (Å²) in [5.74, 6) is -0.971. The number of rotatable bonds is 1. The van der Waals surface area contributed by atoms with Crippen LogP contribution in [0.4, 0.5) is 0 Å². The van der Waals surface area contributed by atoms with E-state index in [1.807, 2.05) is 6.07 Å². The summed E-state index contributed by atoms with van der Waals surface area (Å²) in [5, 5.41) is 2.64. The van der Waals surface area contributed by atoms with Gasteiger partial charge in [0.05, 0.1) is 10.6 Å². The van der Waals surface area contributed by atoms with Crippen LogP contribution in [0.15, 0.2) is 16.6 Å². The highest BCUT2D eigenvalue weighted by molar-refractivity contribution is 9.10. The number of halogens is 2. The molecule has 2 heterocycles. The molecule has 2 aliphatic rings. The van der Waals surface area contributed by atoms with Crippen LogP contribution in [-0.4, -0.2) is 28.7 Å². The zero-order valence-electron chi connectivity index (χ0n) is 10.3. The summed E-state index contributed by atoms with van der Waals surface area (Å²) in [4.78, 5) is 36.9. The number of carbonyl (C=O) groups is 3. The van der Waals surface area contributed by atoms with Crippen molar-refractivity contribution in [2.24, 2.45) is 0 Å². The number of amides is 3. The van der Waals surface area contributed by atoms with Crippen LogP contribution in [0.5, 0.6) is 0 Å². The molecule has 1 unspecified atom stereocenters. The topological polar surface area (TPSA) is 66.5 Å². The molecular weight excluding hydrogens is 348 g/mol. The summed E-state index contributed by atoms with van der Waals surface area (Å²) in [5.41, 5.74) is 1.23. The van der Waals surface area contributed by atoms with E-state index in [0.717, 1.165) is 10.0 Å². The fraction of sp³-hybridized carbons (Fsp3) is 0.308. The summed E-state index contributed by atoms with van der Waals surface area (Å²) in [7, 11) is 0. The Bertz CT molecular complexity index is 647. The van der Waals surface area contributed by atoms with E-state index in [9.17, 15) is 14.4 Å². The first-order valence-corrected chi connectivity index (χ1v) is 7.27. The zero-order valence-corrected chi connectivity index (χ0v) is 12.6. The zero-order chi connectivity index (χ0) is 14.4. The molecule has 5 nitrogen and oxygen atoms in total. The maximum atomic E-state index is 12.4. The first kappa shape index (κ1) is 13.6. The van der Waals surface area contributed by atoms with Crippen molar-refractivity contribution in [3.8, 4) is 0 Å². The molecule has 1 aromatic carbocycles. The second-order valence-electron chi connectivity index (χ2n) is 4.82. The second-order valence-corrected chi connectivity index (χ2v) is 6.14. The summed E-state index contributed by atoms with van der Waals surface area (Å²) >= 11 is 9.43. The molecular formula is C13H10BrClN2O3. The highest BCUT2D eigenvalue weighted by Crippen LogP contribution is 2.34. The molecule has 0 radical (unpaired) electrons. The molecule has 7 heteroatoms. The molecule has 0 aromatic heterocycles. The van der Waals surface area contributed by atoms with E-state index in [1.165, 1.54) is 4.90 Å². The lowest BCUT2D eigenvalue weighted by atomic mass is 10.0. The first-order valence-electron chi connectivity index (χ1n) is 6.10. The Kier molecular flexibility index (Phi) is 3.30. The van der Waals surface area contributed by atoms with Crippen molar-refractivity contribution in [3.05, 3.63) is 32.8 Å². The fourth-order valence-corrected chi connectivity index (χ4v) is 3.58. The van der Waals surface area contributed by atoms with Crippen LogP contribution in [0.3, 0.4) is 0 Å². The van der Waals surface area contributed by atoms with Gasteiger partial charge in [-0.05, 0) is 24.1 Å². The predicted octanol–water partition coefficient (Wildman–Crippen LogP) is 1.86.